The number of carbonyl (C=O) groups is 1. The van der Waals surface area contributed by atoms with Gasteiger partial charge in [-0.25, -0.2) is 9.78 Å². The lowest BCUT2D eigenvalue weighted by Gasteiger charge is -2.39. The van der Waals surface area contributed by atoms with Crippen LogP contribution < -0.4 is 4.74 Å². The highest BCUT2D eigenvalue weighted by Gasteiger charge is 2.35. The zero-order chi connectivity index (χ0) is 14.0. The number of amides is 1. The van der Waals surface area contributed by atoms with E-state index in [9.17, 15) is 4.79 Å². The van der Waals surface area contributed by atoms with Crippen LogP contribution in [0, 0.1) is 0 Å². The number of rotatable bonds is 2. The monoisotopic (exact) mass is 328 g/mol. The van der Waals surface area contributed by atoms with Gasteiger partial charge in [0.2, 0.25) is 5.88 Å². The number of pyridine rings is 1. The normalized spacial score (nSPS) is 15.9. The summed E-state index contributed by atoms with van der Waals surface area (Å²) >= 11 is 3.37. The van der Waals surface area contributed by atoms with Crippen molar-refractivity contribution in [3.8, 4) is 5.88 Å². The predicted octanol–water partition coefficient (Wildman–Crippen LogP) is 2.84. The predicted molar refractivity (Wildman–Crippen MR) is 74.2 cm³/mol. The van der Waals surface area contributed by atoms with Crippen molar-refractivity contribution in [3.05, 3.63) is 22.8 Å². The molecule has 0 bridgehead atoms. The van der Waals surface area contributed by atoms with Crippen LogP contribution in [0.4, 0.5) is 4.79 Å². The maximum absolute atomic E-state index is 11.7. The Morgan fingerprint density at radius 1 is 1.47 bits per heavy atom. The molecular weight excluding hydrogens is 312 g/mol. The maximum atomic E-state index is 11.7. The van der Waals surface area contributed by atoms with E-state index in [-0.39, 0.29) is 12.2 Å². The first kappa shape index (κ1) is 14.1. The fraction of sp³-hybridized carbons (Fsp3) is 0.538. The van der Waals surface area contributed by atoms with E-state index in [0.29, 0.717) is 19.0 Å². The summed E-state index contributed by atoms with van der Waals surface area (Å²) in [6.07, 6.45) is 1.34. The Labute approximate surface area is 121 Å². The average molecular weight is 329 g/mol. The van der Waals surface area contributed by atoms with Crippen molar-refractivity contribution in [2.24, 2.45) is 0 Å². The molecule has 0 N–H and O–H groups in total. The first-order chi connectivity index (χ1) is 8.85. The van der Waals surface area contributed by atoms with Gasteiger partial charge in [0.05, 0.1) is 17.6 Å². The summed E-state index contributed by atoms with van der Waals surface area (Å²) in [4.78, 5) is 17.5. The Kier molecular flexibility index (Phi) is 3.99. The zero-order valence-electron chi connectivity index (χ0n) is 11.2. The number of halogens is 1. The fourth-order valence-electron chi connectivity index (χ4n) is 1.60. The van der Waals surface area contributed by atoms with E-state index in [1.807, 2.05) is 32.9 Å². The minimum absolute atomic E-state index is 0.0290. The largest absolute Gasteiger partial charge is 0.470 e. The molecule has 1 amide bonds. The van der Waals surface area contributed by atoms with Gasteiger partial charge in [0.1, 0.15) is 11.7 Å². The Bertz CT molecular complexity index is 467. The molecule has 2 rings (SSSR count). The van der Waals surface area contributed by atoms with Gasteiger partial charge in [-0.1, -0.05) is 0 Å². The van der Waals surface area contributed by atoms with E-state index in [0.717, 1.165) is 4.47 Å². The third-order valence-electron chi connectivity index (χ3n) is 2.50. The van der Waals surface area contributed by atoms with Crippen LogP contribution in [0.2, 0.25) is 0 Å². The molecule has 1 saturated heterocycles. The summed E-state index contributed by atoms with van der Waals surface area (Å²) in [6, 6.07) is 3.69. The highest BCUT2D eigenvalue weighted by molar-refractivity contribution is 9.10. The van der Waals surface area contributed by atoms with E-state index >= 15 is 0 Å². The van der Waals surface area contributed by atoms with Gasteiger partial charge in [-0.2, -0.15) is 0 Å². The number of hydrogen-bond donors (Lipinski definition) is 0. The van der Waals surface area contributed by atoms with Crippen LogP contribution in [0.25, 0.3) is 0 Å². The molecule has 1 aromatic heterocycles. The minimum atomic E-state index is -0.465. The van der Waals surface area contributed by atoms with Crippen molar-refractivity contribution < 1.29 is 14.3 Å². The lowest BCUT2D eigenvalue weighted by molar-refractivity contribution is -0.0234. The second-order valence-corrected chi connectivity index (χ2v) is 6.27. The van der Waals surface area contributed by atoms with Gasteiger partial charge in [0.15, 0.2) is 0 Å². The quantitative estimate of drug-likeness (QED) is 0.837. The molecule has 104 valence electrons. The third-order valence-corrected chi connectivity index (χ3v) is 3.11. The number of hydrogen-bond acceptors (Lipinski definition) is 4. The molecule has 2 heterocycles. The standard InChI is InChI=1S/C13H17BrN2O3/c1-13(2,3)19-12(17)16-7-9(8-16)18-11-10(14)5-4-6-15-11/h4-6,9H,7-8H2,1-3H3. The van der Waals surface area contributed by atoms with Gasteiger partial charge >= 0.3 is 6.09 Å². The van der Waals surface area contributed by atoms with E-state index < -0.39 is 5.60 Å². The maximum Gasteiger partial charge on any atom is 0.410 e. The van der Waals surface area contributed by atoms with Crippen molar-refractivity contribution in [2.75, 3.05) is 13.1 Å². The topological polar surface area (TPSA) is 51.7 Å². The highest BCUT2D eigenvalue weighted by atomic mass is 79.9. The molecule has 19 heavy (non-hydrogen) atoms. The Hall–Kier alpha value is -1.30. The lowest BCUT2D eigenvalue weighted by atomic mass is 10.2. The first-order valence-corrected chi connectivity index (χ1v) is 6.89. The number of likely N-dealkylation sites (tertiary alicyclic amines) is 1. The van der Waals surface area contributed by atoms with Crippen LogP contribution in [-0.4, -0.2) is 40.8 Å². The molecule has 1 fully saturated rings. The molecule has 0 aromatic carbocycles. The van der Waals surface area contributed by atoms with E-state index in [1.54, 1.807) is 11.1 Å². The van der Waals surface area contributed by atoms with E-state index in [1.165, 1.54) is 0 Å². The molecule has 0 spiro atoms. The molecular formula is C13H17BrN2O3. The summed E-state index contributed by atoms with van der Waals surface area (Å²) in [5, 5.41) is 0. The summed E-state index contributed by atoms with van der Waals surface area (Å²) in [6.45, 7) is 6.60. The Morgan fingerprint density at radius 2 is 2.16 bits per heavy atom. The number of aromatic nitrogens is 1. The van der Waals surface area contributed by atoms with Crippen LogP contribution in [0.3, 0.4) is 0 Å². The minimum Gasteiger partial charge on any atom is -0.470 e. The summed E-state index contributed by atoms with van der Waals surface area (Å²) in [7, 11) is 0. The van der Waals surface area contributed by atoms with E-state index in [4.69, 9.17) is 9.47 Å². The van der Waals surface area contributed by atoms with Crippen molar-refractivity contribution in [2.45, 2.75) is 32.5 Å². The SMILES string of the molecule is CC(C)(C)OC(=O)N1CC(Oc2ncccc2Br)C1. The molecule has 5 nitrogen and oxygen atoms in total. The van der Waals surface area contributed by atoms with Crippen LogP contribution in [0.5, 0.6) is 5.88 Å². The second-order valence-electron chi connectivity index (χ2n) is 5.42. The summed E-state index contributed by atoms with van der Waals surface area (Å²) < 4.78 is 11.8. The van der Waals surface area contributed by atoms with Crippen molar-refractivity contribution in [1.29, 1.82) is 0 Å². The first-order valence-electron chi connectivity index (χ1n) is 6.10. The van der Waals surface area contributed by atoms with Crippen LogP contribution in [0.15, 0.2) is 22.8 Å². The molecule has 0 atom stereocenters. The lowest BCUT2D eigenvalue weighted by Crippen LogP contribution is -2.57. The average Bonchev–Trinajstić information content (AvgIpc) is 2.22. The molecule has 1 aromatic rings. The summed E-state index contributed by atoms with van der Waals surface area (Å²) in [5.41, 5.74) is -0.465. The third kappa shape index (κ3) is 3.83. The highest BCUT2D eigenvalue weighted by Crippen LogP contribution is 2.25. The smallest absolute Gasteiger partial charge is 0.410 e. The molecule has 0 saturated carbocycles. The fourth-order valence-corrected chi connectivity index (χ4v) is 1.95. The van der Waals surface area contributed by atoms with Crippen LogP contribution in [-0.2, 0) is 4.74 Å². The Morgan fingerprint density at radius 3 is 2.74 bits per heavy atom. The van der Waals surface area contributed by atoms with Gasteiger partial charge in [-0.3, -0.25) is 0 Å². The van der Waals surface area contributed by atoms with Crippen molar-refractivity contribution in [3.63, 3.8) is 0 Å². The van der Waals surface area contributed by atoms with Crippen LogP contribution >= 0.6 is 15.9 Å². The number of carbonyl (C=O) groups excluding carboxylic acids is 1. The molecule has 0 aliphatic carbocycles. The van der Waals surface area contributed by atoms with Crippen LogP contribution in [0.1, 0.15) is 20.8 Å². The molecule has 1 aliphatic rings. The summed E-state index contributed by atoms with van der Waals surface area (Å²) in [5.74, 6) is 0.552. The Balaban J connectivity index is 1.81. The molecule has 0 radical (unpaired) electrons. The molecule has 6 heteroatoms. The molecule has 1 aliphatic heterocycles. The van der Waals surface area contributed by atoms with Crippen molar-refractivity contribution >= 4 is 22.0 Å². The second kappa shape index (κ2) is 5.36. The van der Waals surface area contributed by atoms with Gasteiger partial charge in [-0.05, 0) is 48.8 Å². The van der Waals surface area contributed by atoms with Crippen molar-refractivity contribution in [1.82, 2.24) is 9.88 Å². The number of nitrogens with zero attached hydrogens (tertiary/aromatic N) is 2. The zero-order valence-corrected chi connectivity index (χ0v) is 12.8. The van der Waals surface area contributed by atoms with Gasteiger partial charge < -0.3 is 14.4 Å². The van der Waals surface area contributed by atoms with Gasteiger partial charge in [0.25, 0.3) is 0 Å². The van der Waals surface area contributed by atoms with E-state index in [2.05, 4.69) is 20.9 Å². The molecule has 0 unspecified atom stereocenters. The number of ether oxygens (including phenoxy) is 2. The van der Waals surface area contributed by atoms with Gasteiger partial charge in [0, 0.05) is 6.20 Å². The van der Waals surface area contributed by atoms with Gasteiger partial charge in [-0.15, -0.1) is 0 Å².